The number of nitrogens with one attached hydrogen (secondary N) is 1. The Labute approximate surface area is 106 Å². The van der Waals surface area contributed by atoms with Crippen LogP contribution >= 0.6 is 0 Å². The largest absolute Gasteiger partial charge is 0.392 e. The molecule has 0 unspecified atom stereocenters. The van der Waals surface area contributed by atoms with Gasteiger partial charge in [0.15, 0.2) is 0 Å². The minimum Gasteiger partial charge on any atom is -0.392 e. The fourth-order valence-corrected chi connectivity index (χ4v) is 1.77. The van der Waals surface area contributed by atoms with Gasteiger partial charge in [-0.1, -0.05) is 30.3 Å². The Balaban J connectivity index is 2.09. The van der Waals surface area contributed by atoms with Gasteiger partial charge in [0.25, 0.3) is 0 Å². The van der Waals surface area contributed by atoms with Crippen molar-refractivity contribution in [1.82, 2.24) is 0 Å². The van der Waals surface area contributed by atoms with Crippen LogP contribution in [0.5, 0.6) is 0 Å². The summed E-state index contributed by atoms with van der Waals surface area (Å²) in [5, 5.41) is 12.4. The van der Waals surface area contributed by atoms with Crippen LogP contribution in [0.1, 0.15) is 16.7 Å². The lowest BCUT2D eigenvalue weighted by atomic mass is 10.1. The summed E-state index contributed by atoms with van der Waals surface area (Å²) >= 11 is 0. The van der Waals surface area contributed by atoms with Crippen LogP contribution in [0.4, 0.5) is 10.1 Å². The van der Waals surface area contributed by atoms with Gasteiger partial charge in [0.2, 0.25) is 0 Å². The Morgan fingerprint density at radius 1 is 1.17 bits per heavy atom. The second-order valence-corrected chi connectivity index (χ2v) is 4.25. The Hall–Kier alpha value is -1.87. The molecule has 0 fully saturated rings. The second kappa shape index (κ2) is 5.65. The van der Waals surface area contributed by atoms with Crippen molar-refractivity contribution in [2.24, 2.45) is 0 Å². The summed E-state index contributed by atoms with van der Waals surface area (Å²) in [6.07, 6.45) is 0. The van der Waals surface area contributed by atoms with E-state index in [9.17, 15) is 9.50 Å². The lowest BCUT2D eigenvalue weighted by Gasteiger charge is -2.10. The molecule has 0 bridgehead atoms. The van der Waals surface area contributed by atoms with Crippen molar-refractivity contribution in [2.45, 2.75) is 20.1 Å². The monoisotopic (exact) mass is 245 g/mol. The molecule has 3 heteroatoms. The van der Waals surface area contributed by atoms with Crippen LogP contribution < -0.4 is 5.32 Å². The van der Waals surface area contributed by atoms with Crippen molar-refractivity contribution < 1.29 is 9.50 Å². The predicted octanol–water partition coefficient (Wildman–Crippen LogP) is 3.24. The summed E-state index contributed by atoms with van der Waals surface area (Å²) in [5.41, 5.74) is 3.24. The quantitative estimate of drug-likeness (QED) is 0.866. The molecule has 0 aromatic heterocycles. The number of aliphatic hydroxyl groups excluding tert-OH is 1. The van der Waals surface area contributed by atoms with Crippen molar-refractivity contribution in [2.75, 3.05) is 5.32 Å². The maximum atomic E-state index is 13.4. The van der Waals surface area contributed by atoms with E-state index in [-0.39, 0.29) is 12.4 Å². The van der Waals surface area contributed by atoms with E-state index in [1.54, 1.807) is 13.0 Å². The number of aliphatic hydroxyl groups is 1. The van der Waals surface area contributed by atoms with Gasteiger partial charge in [0, 0.05) is 17.8 Å². The SMILES string of the molecule is Cc1ccc(CNc2ccccc2CO)cc1F. The average molecular weight is 245 g/mol. The van der Waals surface area contributed by atoms with Gasteiger partial charge in [0.1, 0.15) is 5.82 Å². The van der Waals surface area contributed by atoms with Crippen molar-refractivity contribution in [3.63, 3.8) is 0 Å². The molecule has 2 aromatic carbocycles. The Bertz CT molecular complexity index is 540. The van der Waals surface area contributed by atoms with E-state index in [4.69, 9.17) is 0 Å². The number of para-hydroxylation sites is 1. The summed E-state index contributed by atoms with van der Waals surface area (Å²) in [6, 6.07) is 12.7. The average Bonchev–Trinajstić information content (AvgIpc) is 2.40. The van der Waals surface area contributed by atoms with Gasteiger partial charge in [-0.25, -0.2) is 4.39 Å². The van der Waals surface area contributed by atoms with Gasteiger partial charge < -0.3 is 10.4 Å². The number of rotatable bonds is 4. The third kappa shape index (κ3) is 2.87. The Morgan fingerprint density at radius 2 is 1.94 bits per heavy atom. The number of halogens is 1. The molecule has 2 rings (SSSR count). The molecule has 94 valence electrons. The molecular weight excluding hydrogens is 229 g/mol. The highest BCUT2D eigenvalue weighted by Gasteiger charge is 2.02. The van der Waals surface area contributed by atoms with E-state index in [1.165, 1.54) is 6.07 Å². The molecule has 18 heavy (non-hydrogen) atoms. The smallest absolute Gasteiger partial charge is 0.126 e. The minimum atomic E-state index is -0.190. The number of anilines is 1. The van der Waals surface area contributed by atoms with Crippen molar-refractivity contribution in [1.29, 1.82) is 0 Å². The third-order valence-electron chi connectivity index (χ3n) is 2.91. The van der Waals surface area contributed by atoms with Crippen molar-refractivity contribution >= 4 is 5.69 Å². The molecular formula is C15H16FNO. The van der Waals surface area contributed by atoms with Crippen LogP contribution in [-0.4, -0.2) is 5.11 Å². The van der Waals surface area contributed by atoms with E-state index in [1.807, 2.05) is 30.3 Å². The van der Waals surface area contributed by atoms with Crippen LogP contribution in [-0.2, 0) is 13.2 Å². The number of hydrogen-bond acceptors (Lipinski definition) is 2. The molecule has 0 atom stereocenters. The maximum absolute atomic E-state index is 13.4. The first kappa shape index (κ1) is 12.6. The number of aryl methyl sites for hydroxylation is 1. The molecule has 0 saturated heterocycles. The zero-order valence-electron chi connectivity index (χ0n) is 10.3. The van der Waals surface area contributed by atoms with Crippen LogP contribution in [0.15, 0.2) is 42.5 Å². The molecule has 0 spiro atoms. The van der Waals surface area contributed by atoms with E-state index in [2.05, 4.69) is 5.32 Å². The van der Waals surface area contributed by atoms with E-state index in [0.717, 1.165) is 16.8 Å². The van der Waals surface area contributed by atoms with Crippen molar-refractivity contribution in [3.05, 3.63) is 65.0 Å². The minimum absolute atomic E-state index is 0.00850. The van der Waals surface area contributed by atoms with Gasteiger partial charge in [-0.05, 0) is 30.2 Å². The summed E-state index contributed by atoms with van der Waals surface area (Å²) in [7, 11) is 0. The number of benzene rings is 2. The molecule has 0 heterocycles. The van der Waals surface area contributed by atoms with Crippen LogP contribution in [0.3, 0.4) is 0 Å². The highest BCUT2D eigenvalue weighted by atomic mass is 19.1. The highest BCUT2D eigenvalue weighted by Crippen LogP contribution is 2.16. The van der Waals surface area contributed by atoms with Gasteiger partial charge in [-0.2, -0.15) is 0 Å². The van der Waals surface area contributed by atoms with Gasteiger partial charge >= 0.3 is 0 Å². The Kier molecular flexibility index (Phi) is 3.95. The van der Waals surface area contributed by atoms with Gasteiger partial charge in [-0.3, -0.25) is 0 Å². The first-order chi connectivity index (χ1) is 8.70. The molecule has 2 aromatic rings. The van der Waals surface area contributed by atoms with Crippen LogP contribution in [0.25, 0.3) is 0 Å². The Morgan fingerprint density at radius 3 is 2.67 bits per heavy atom. The molecule has 0 radical (unpaired) electrons. The van der Waals surface area contributed by atoms with E-state index >= 15 is 0 Å². The third-order valence-corrected chi connectivity index (χ3v) is 2.91. The topological polar surface area (TPSA) is 32.3 Å². The molecule has 0 aliphatic heterocycles. The summed E-state index contributed by atoms with van der Waals surface area (Å²) in [4.78, 5) is 0. The number of hydrogen-bond donors (Lipinski definition) is 2. The fourth-order valence-electron chi connectivity index (χ4n) is 1.77. The normalized spacial score (nSPS) is 10.4. The zero-order chi connectivity index (χ0) is 13.0. The van der Waals surface area contributed by atoms with Gasteiger partial charge in [-0.15, -0.1) is 0 Å². The highest BCUT2D eigenvalue weighted by molar-refractivity contribution is 5.51. The predicted molar refractivity (Wildman–Crippen MR) is 70.8 cm³/mol. The maximum Gasteiger partial charge on any atom is 0.126 e. The summed E-state index contributed by atoms with van der Waals surface area (Å²) in [6.45, 7) is 2.27. The van der Waals surface area contributed by atoms with E-state index in [0.29, 0.717) is 12.1 Å². The summed E-state index contributed by atoms with van der Waals surface area (Å²) < 4.78 is 13.4. The molecule has 2 N–H and O–H groups in total. The fraction of sp³-hybridized carbons (Fsp3) is 0.200. The van der Waals surface area contributed by atoms with E-state index < -0.39 is 0 Å². The standard InChI is InChI=1S/C15H16FNO/c1-11-6-7-12(8-14(11)16)9-17-15-5-3-2-4-13(15)10-18/h2-8,17-18H,9-10H2,1H3. The van der Waals surface area contributed by atoms with Crippen molar-refractivity contribution in [3.8, 4) is 0 Å². The first-order valence-electron chi connectivity index (χ1n) is 5.88. The zero-order valence-corrected chi connectivity index (χ0v) is 10.3. The first-order valence-corrected chi connectivity index (χ1v) is 5.88. The van der Waals surface area contributed by atoms with Crippen LogP contribution in [0.2, 0.25) is 0 Å². The summed E-state index contributed by atoms with van der Waals surface area (Å²) in [5.74, 6) is -0.190. The molecule has 0 aliphatic carbocycles. The lowest BCUT2D eigenvalue weighted by molar-refractivity contribution is 0.282. The molecule has 0 amide bonds. The molecule has 2 nitrogen and oxygen atoms in total. The molecule has 0 saturated carbocycles. The molecule has 0 aliphatic rings. The van der Waals surface area contributed by atoms with Crippen LogP contribution in [0, 0.1) is 12.7 Å². The lowest BCUT2D eigenvalue weighted by Crippen LogP contribution is -2.03. The van der Waals surface area contributed by atoms with Gasteiger partial charge in [0.05, 0.1) is 6.61 Å². The second-order valence-electron chi connectivity index (χ2n) is 4.25.